The molecule has 3 nitrogen and oxygen atoms in total. The van der Waals surface area contributed by atoms with E-state index in [0.717, 1.165) is 5.13 Å². The van der Waals surface area contributed by atoms with Crippen molar-refractivity contribution in [2.24, 2.45) is 0 Å². The van der Waals surface area contributed by atoms with Crippen LogP contribution in [-0.2, 0) is 0 Å². The molecule has 0 bridgehead atoms. The molecule has 3 aromatic heterocycles. The fourth-order valence-electron chi connectivity index (χ4n) is 5.66. The third-order valence-corrected chi connectivity index (χ3v) is 8.26. The van der Waals surface area contributed by atoms with Crippen LogP contribution in [0, 0.1) is 0 Å². The molecule has 0 atom stereocenters. The van der Waals surface area contributed by atoms with Gasteiger partial charge >= 0.3 is 0 Å². The molecule has 0 saturated heterocycles. The number of thiazole rings is 1. The van der Waals surface area contributed by atoms with Crippen LogP contribution in [0.1, 0.15) is 0 Å². The molecule has 0 aliphatic carbocycles. The summed E-state index contributed by atoms with van der Waals surface area (Å²) in [5.74, 6) is 0. The Morgan fingerprint density at radius 3 is 1.95 bits per heavy atom. The molecule has 0 aliphatic rings. The van der Waals surface area contributed by atoms with Crippen molar-refractivity contribution in [1.29, 1.82) is 0 Å². The van der Waals surface area contributed by atoms with Crippen LogP contribution in [0.4, 0.5) is 0 Å². The summed E-state index contributed by atoms with van der Waals surface area (Å²) in [6.07, 6.45) is 2.00. The van der Waals surface area contributed by atoms with Crippen LogP contribution in [0.25, 0.3) is 64.9 Å². The number of fused-ring (bicyclic) bond motifs is 7. The van der Waals surface area contributed by atoms with Crippen LogP contribution in [0.3, 0.4) is 0 Å². The minimum Gasteiger partial charge on any atom is -0.309 e. The minimum atomic E-state index is 0.978. The fraction of sp³-hybridized carbons (Fsp3) is 0. The smallest absolute Gasteiger partial charge is 0.195 e. The van der Waals surface area contributed by atoms with E-state index in [-0.39, 0.29) is 0 Å². The molecule has 0 spiro atoms. The van der Waals surface area contributed by atoms with E-state index in [0.29, 0.717) is 0 Å². The zero-order valence-electron chi connectivity index (χ0n) is 19.9. The normalized spacial score (nSPS) is 11.8. The largest absolute Gasteiger partial charge is 0.309 e. The van der Waals surface area contributed by atoms with E-state index in [9.17, 15) is 0 Å². The van der Waals surface area contributed by atoms with Crippen molar-refractivity contribution in [3.05, 3.63) is 128 Å². The molecule has 0 fully saturated rings. The average Bonchev–Trinajstić information content (AvgIpc) is 3.66. The van der Waals surface area contributed by atoms with Gasteiger partial charge in [0.2, 0.25) is 0 Å². The Balaban J connectivity index is 1.52. The summed E-state index contributed by atoms with van der Waals surface area (Å²) in [6.45, 7) is 0. The van der Waals surface area contributed by atoms with Gasteiger partial charge in [0.25, 0.3) is 0 Å². The lowest BCUT2D eigenvalue weighted by Gasteiger charge is -2.09. The standard InChI is InChI=1S/C33H21N3S/c1-3-11-22(12-4-1)30-21-34-33(37-30)36-28-18-10-8-16-26(28)31-29(36)20-19-25-24-15-7-9-17-27(24)35(32(25)31)23-13-5-2-6-14-23/h1-21H. The van der Waals surface area contributed by atoms with Gasteiger partial charge in [-0.1, -0.05) is 102 Å². The molecule has 0 aliphatic heterocycles. The Labute approximate surface area is 217 Å². The molecular weight excluding hydrogens is 470 g/mol. The second kappa shape index (κ2) is 7.92. The van der Waals surface area contributed by atoms with Gasteiger partial charge in [-0.3, -0.25) is 4.57 Å². The van der Waals surface area contributed by atoms with Crippen LogP contribution in [-0.4, -0.2) is 14.1 Å². The molecule has 0 saturated carbocycles. The highest BCUT2D eigenvalue weighted by Gasteiger charge is 2.21. The number of hydrogen-bond acceptors (Lipinski definition) is 2. The third kappa shape index (κ3) is 2.97. The Bertz CT molecular complexity index is 2080. The van der Waals surface area contributed by atoms with Gasteiger partial charge in [0.05, 0.1) is 26.9 Å². The number of benzene rings is 5. The number of hydrogen-bond donors (Lipinski definition) is 0. The van der Waals surface area contributed by atoms with Crippen molar-refractivity contribution < 1.29 is 0 Å². The fourth-order valence-corrected chi connectivity index (χ4v) is 6.61. The Hall–Kier alpha value is -4.67. The van der Waals surface area contributed by atoms with Crippen molar-refractivity contribution in [2.75, 3.05) is 0 Å². The van der Waals surface area contributed by atoms with Crippen molar-refractivity contribution >= 4 is 54.9 Å². The summed E-state index contributed by atoms with van der Waals surface area (Å²) in [4.78, 5) is 6.08. The Morgan fingerprint density at radius 1 is 0.514 bits per heavy atom. The van der Waals surface area contributed by atoms with Gasteiger partial charge in [0.1, 0.15) is 0 Å². The van der Waals surface area contributed by atoms with Crippen LogP contribution in [0.15, 0.2) is 128 Å². The number of rotatable bonds is 3. The van der Waals surface area contributed by atoms with Gasteiger partial charge in [-0.05, 0) is 35.9 Å². The summed E-state index contributed by atoms with van der Waals surface area (Å²) in [5, 5.41) is 6.00. The van der Waals surface area contributed by atoms with Crippen LogP contribution < -0.4 is 0 Å². The first kappa shape index (κ1) is 20.5. The van der Waals surface area contributed by atoms with E-state index in [1.165, 1.54) is 59.7 Å². The van der Waals surface area contributed by atoms with E-state index >= 15 is 0 Å². The van der Waals surface area contributed by atoms with Gasteiger partial charge in [0, 0.05) is 33.4 Å². The predicted molar refractivity (Wildman–Crippen MR) is 156 cm³/mol. The molecule has 8 rings (SSSR count). The third-order valence-electron chi connectivity index (χ3n) is 7.23. The SMILES string of the molecule is c1ccc(-c2cnc(-n3c4ccccc4c4c3ccc3c5ccccc5n(-c5ccccc5)c34)s2)cc1. The van der Waals surface area contributed by atoms with Gasteiger partial charge < -0.3 is 4.57 Å². The zero-order chi connectivity index (χ0) is 24.3. The van der Waals surface area contributed by atoms with E-state index in [1.54, 1.807) is 11.3 Å². The first-order valence-electron chi connectivity index (χ1n) is 12.4. The molecule has 0 radical (unpaired) electrons. The van der Waals surface area contributed by atoms with E-state index < -0.39 is 0 Å². The van der Waals surface area contributed by atoms with E-state index in [2.05, 4.69) is 130 Å². The predicted octanol–water partition coefficient (Wildman–Crippen LogP) is 9.00. The van der Waals surface area contributed by atoms with Gasteiger partial charge in [-0.2, -0.15) is 0 Å². The molecule has 0 amide bonds. The minimum absolute atomic E-state index is 0.978. The second-order valence-electron chi connectivity index (χ2n) is 9.27. The maximum Gasteiger partial charge on any atom is 0.195 e. The summed E-state index contributed by atoms with van der Waals surface area (Å²) in [6, 6.07) is 43.1. The topological polar surface area (TPSA) is 22.8 Å². The molecule has 0 unspecified atom stereocenters. The molecule has 0 N–H and O–H groups in total. The maximum absolute atomic E-state index is 4.91. The lowest BCUT2D eigenvalue weighted by molar-refractivity contribution is 1.13. The Morgan fingerprint density at radius 2 is 1.16 bits per heavy atom. The van der Waals surface area contributed by atoms with Crippen molar-refractivity contribution in [1.82, 2.24) is 14.1 Å². The molecule has 8 aromatic rings. The van der Waals surface area contributed by atoms with Crippen molar-refractivity contribution in [3.8, 4) is 21.3 Å². The first-order chi connectivity index (χ1) is 18.4. The van der Waals surface area contributed by atoms with E-state index in [4.69, 9.17) is 4.98 Å². The van der Waals surface area contributed by atoms with Gasteiger partial charge in [-0.25, -0.2) is 4.98 Å². The van der Waals surface area contributed by atoms with Gasteiger partial charge in [0.15, 0.2) is 5.13 Å². The quantitative estimate of drug-likeness (QED) is 0.242. The molecule has 4 heteroatoms. The summed E-state index contributed by atoms with van der Waals surface area (Å²) < 4.78 is 4.75. The summed E-state index contributed by atoms with van der Waals surface area (Å²) in [5.41, 5.74) is 7.15. The monoisotopic (exact) mass is 491 g/mol. The highest BCUT2D eigenvalue weighted by molar-refractivity contribution is 7.17. The number of nitrogens with zero attached hydrogens (tertiary/aromatic N) is 3. The lowest BCUT2D eigenvalue weighted by atomic mass is 10.1. The van der Waals surface area contributed by atoms with Crippen LogP contribution >= 0.6 is 11.3 Å². The average molecular weight is 492 g/mol. The highest BCUT2D eigenvalue weighted by Crippen LogP contribution is 2.42. The van der Waals surface area contributed by atoms with Crippen LogP contribution in [0.2, 0.25) is 0 Å². The molecule has 174 valence electrons. The maximum atomic E-state index is 4.91. The van der Waals surface area contributed by atoms with E-state index in [1.807, 2.05) is 6.20 Å². The second-order valence-corrected chi connectivity index (χ2v) is 10.3. The highest BCUT2D eigenvalue weighted by atomic mass is 32.1. The van der Waals surface area contributed by atoms with Crippen molar-refractivity contribution in [3.63, 3.8) is 0 Å². The van der Waals surface area contributed by atoms with Gasteiger partial charge in [-0.15, -0.1) is 0 Å². The summed E-state index contributed by atoms with van der Waals surface area (Å²) >= 11 is 1.73. The molecule has 37 heavy (non-hydrogen) atoms. The first-order valence-corrected chi connectivity index (χ1v) is 13.2. The zero-order valence-corrected chi connectivity index (χ0v) is 20.7. The Kier molecular flexibility index (Phi) is 4.39. The number of para-hydroxylation sites is 3. The lowest BCUT2D eigenvalue weighted by Crippen LogP contribution is -1.94. The molecule has 5 aromatic carbocycles. The summed E-state index contributed by atoms with van der Waals surface area (Å²) in [7, 11) is 0. The molecule has 3 heterocycles. The van der Waals surface area contributed by atoms with Crippen LogP contribution in [0.5, 0.6) is 0 Å². The van der Waals surface area contributed by atoms with Crippen molar-refractivity contribution in [2.45, 2.75) is 0 Å². The molecular formula is C33H21N3S. The number of aromatic nitrogens is 3.